The Balaban J connectivity index is 1.55. The number of amides is 1. The first kappa shape index (κ1) is 18.7. The Morgan fingerprint density at radius 1 is 1.38 bits per heavy atom. The van der Waals surface area contributed by atoms with E-state index in [1.54, 1.807) is 18.2 Å². The van der Waals surface area contributed by atoms with Gasteiger partial charge in [-0.15, -0.1) is 11.3 Å². The van der Waals surface area contributed by atoms with Crippen LogP contribution in [0.15, 0.2) is 35.7 Å². The van der Waals surface area contributed by atoms with Crippen LogP contribution in [0.5, 0.6) is 0 Å². The molecular weight excluding hydrogens is 353 g/mol. The molecule has 2 aromatic rings. The standard InChI is InChI=1S/C19H22FN3O2S/c1-13-9-23(10-14(2)25-13)11-16-12-26-19(21-16)22-18(24)8-7-15-5-3-4-6-17(15)20/h3-8,12-14H,9-11H2,1-2H3,(H,21,22,24)/b8-7+/t13-,14-/m0/s1. The Labute approximate surface area is 156 Å². The summed E-state index contributed by atoms with van der Waals surface area (Å²) < 4.78 is 19.3. The van der Waals surface area contributed by atoms with Crippen molar-refractivity contribution in [3.8, 4) is 0 Å². The van der Waals surface area contributed by atoms with Gasteiger partial charge in [-0.3, -0.25) is 15.0 Å². The van der Waals surface area contributed by atoms with Gasteiger partial charge in [0.2, 0.25) is 5.91 Å². The van der Waals surface area contributed by atoms with Gasteiger partial charge in [0.1, 0.15) is 5.82 Å². The highest BCUT2D eigenvalue weighted by atomic mass is 32.1. The van der Waals surface area contributed by atoms with E-state index < -0.39 is 0 Å². The van der Waals surface area contributed by atoms with Crippen LogP contribution in [0.2, 0.25) is 0 Å². The minimum Gasteiger partial charge on any atom is -0.373 e. The van der Waals surface area contributed by atoms with Gasteiger partial charge in [-0.2, -0.15) is 0 Å². The molecule has 0 spiro atoms. The van der Waals surface area contributed by atoms with Gasteiger partial charge in [-0.05, 0) is 26.0 Å². The van der Waals surface area contributed by atoms with Crippen molar-refractivity contribution in [2.45, 2.75) is 32.6 Å². The van der Waals surface area contributed by atoms with Crippen molar-refractivity contribution < 1.29 is 13.9 Å². The van der Waals surface area contributed by atoms with Gasteiger partial charge >= 0.3 is 0 Å². The quantitative estimate of drug-likeness (QED) is 0.812. The van der Waals surface area contributed by atoms with E-state index in [1.807, 2.05) is 5.38 Å². The molecule has 3 rings (SSSR count). The number of thiazole rings is 1. The first-order valence-electron chi connectivity index (χ1n) is 8.55. The number of ether oxygens (including phenoxy) is 1. The van der Waals surface area contributed by atoms with Crippen LogP contribution in [-0.4, -0.2) is 41.1 Å². The highest BCUT2D eigenvalue weighted by molar-refractivity contribution is 7.13. The number of anilines is 1. The molecule has 5 nitrogen and oxygen atoms in total. The van der Waals surface area contributed by atoms with Gasteiger partial charge < -0.3 is 4.74 Å². The predicted molar refractivity (Wildman–Crippen MR) is 101 cm³/mol. The molecule has 0 aliphatic carbocycles. The maximum absolute atomic E-state index is 13.5. The summed E-state index contributed by atoms with van der Waals surface area (Å²) in [6.45, 7) is 6.61. The lowest BCUT2D eigenvalue weighted by Crippen LogP contribution is -2.44. The summed E-state index contributed by atoms with van der Waals surface area (Å²) in [5.41, 5.74) is 1.29. The molecule has 1 aromatic heterocycles. The van der Waals surface area contributed by atoms with Crippen molar-refractivity contribution in [2.24, 2.45) is 0 Å². The van der Waals surface area contributed by atoms with Crippen LogP contribution in [0.4, 0.5) is 9.52 Å². The lowest BCUT2D eigenvalue weighted by molar-refractivity contribution is -0.111. The third kappa shape index (κ3) is 5.20. The first-order valence-corrected chi connectivity index (χ1v) is 9.43. The zero-order valence-electron chi connectivity index (χ0n) is 14.8. The van der Waals surface area contributed by atoms with Gasteiger partial charge in [0.05, 0.1) is 17.9 Å². The highest BCUT2D eigenvalue weighted by Gasteiger charge is 2.22. The second kappa shape index (κ2) is 8.53. The van der Waals surface area contributed by atoms with Crippen LogP contribution in [0.25, 0.3) is 6.08 Å². The van der Waals surface area contributed by atoms with E-state index in [4.69, 9.17) is 4.74 Å². The minimum atomic E-state index is -0.359. The molecule has 0 saturated carbocycles. The van der Waals surface area contributed by atoms with Crippen molar-refractivity contribution in [3.63, 3.8) is 0 Å². The summed E-state index contributed by atoms with van der Waals surface area (Å²) in [5.74, 6) is -0.690. The van der Waals surface area contributed by atoms with Crippen LogP contribution in [0.1, 0.15) is 25.1 Å². The molecule has 2 atom stereocenters. The maximum atomic E-state index is 13.5. The smallest absolute Gasteiger partial charge is 0.250 e. The monoisotopic (exact) mass is 375 g/mol. The molecule has 1 N–H and O–H groups in total. The highest BCUT2D eigenvalue weighted by Crippen LogP contribution is 2.19. The summed E-state index contributed by atoms with van der Waals surface area (Å²) in [6.07, 6.45) is 3.18. The molecule has 1 aromatic carbocycles. The molecule has 1 amide bonds. The molecule has 0 unspecified atom stereocenters. The van der Waals surface area contributed by atoms with E-state index in [-0.39, 0.29) is 23.9 Å². The number of hydrogen-bond donors (Lipinski definition) is 1. The van der Waals surface area contributed by atoms with Crippen LogP contribution in [-0.2, 0) is 16.1 Å². The van der Waals surface area contributed by atoms with Crippen molar-refractivity contribution in [3.05, 3.63) is 52.8 Å². The SMILES string of the molecule is C[C@H]1CN(Cc2csc(NC(=O)/C=C/c3ccccc3F)n2)C[C@H](C)O1. The average molecular weight is 375 g/mol. The van der Waals surface area contributed by atoms with E-state index in [9.17, 15) is 9.18 Å². The second-order valence-corrected chi connectivity index (χ2v) is 7.30. The van der Waals surface area contributed by atoms with Crippen LogP contribution in [0.3, 0.4) is 0 Å². The third-order valence-corrected chi connectivity index (χ3v) is 4.79. The first-order chi connectivity index (χ1) is 12.5. The summed E-state index contributed by atoms with van der Waals surface area (Å²) >= 11 is 1.38. The number of rotatable bonds is 5. The van der Waals surface area contributed by atoms with E-state index in [0.29, 0.717) is 10.7 Å². The molecule has 26 heavy (non-hydrogen) atoms. The van der Waals surface area contributed by atoms with Crippen molar-refractivity contribution in [2.75, 3.05) is 18.4 Å². The van der Waals surface area contributed by atoms with Gasteiger partial charge in [-0.25, -0.2) is 9.37 Å². The second-order valence-electron chi connectivity index (χ2n) is 6.44. The van der Waals surface area contributed by atoms with Crippen molar-refractivity contribution in [1.29, 1.82) is 0 Å². The summed E-state index contributed by atoms with van der Waals surface area (Å²) in [4.78, 5) is 18.8. The molecule has 1 aliphatic rings. The third-order valence-electron chi connectivity index (χ3n) is 3.98. The van der Waals surface area contributed by atoms with Gasteiger partial charge in [0.25, 0.3) is 0 Å². The number of hydrogen-bond acceptors (Lipinski definition) is 5. The number of morpholine rings is 1. The Morgan fingerprint density at radius 2 is 2.12 bits per heavy atom. The molecule has 1 saturated heterocycles. The number of carbonyl (C=O) groups excluding carboxylic acids is 1. The Bertz CT molecular complexity index is 783. The fourth-order valence-electron chi connectivity index (χ4n) is 3.00. The van der Waals surface area contributed by atoms with Crippen LogP contribution in [0, 0.1) is 5.82 Å². The van der Waals surface area contributed by atoms with Crippen LogP contribution >= 0.6 is 11.3 Å². The summed E-state index contributed by atoms with van der Waals surface area (Å²) in [7, 11) is 0. The zero-order valence-corrected chi connectivity index (χ0v) is 15.6. The Hall–Kier alpha value is -2.09. The zero-order chi connectivity index (χ0) is 18.5. The number of aromatic nitrogens is 1. The lowest BCUT2D eigenvalue weighted by atomic mass is 10.2. The number of nitrogens with zero attached hydrogens (tertiary/aromatic N) is 2. The summed E-state index contributed by atoms with van der Waals surface area (Å²) in [5, 5.41) is 5.21. The van der Waals surface area contributed by atoms with Crippen molar-refractivity contribution >= 4 is 28.5 Å². The molecule has 138 valence electrons. The van der Waals surface area contributed by atoms with Gasteiger partial charge in [0.15, 0.2) is 5.13 Å². The molecule has 2 heterocycles. The van der Waals surface area contributed by atoms with E-state index in [2.05, 4.69) is 29.0 Å². The van der Waals surface area contributed by atoms with Gasteiger partial charge in [0, 0.05) is 36.7 Å². The molecule has 1 aliphatic heterocycles. The fourth-order valence-corrected chi connectivity index (χ4v) is 3.71. The van der Waals surface area contributed by atoms with Crippen LogP contribution < -0.4 is 5.32 Å². The number of nitrogens with one attached hydrogen (secondary N) is 1. The largest absolute Gasteiger partial charge is 0.373 e. The van der Waals surface area contributed by atoms with Crippen molar-refractivity contribution in [1.82, 2.24) is 9.88 Å². The van der Waals surface area contributed by atoms with E-state index in [1.165, 1.54) is 29.6 Å². The molecule has 0 bridgehead atoms. The lowest BCUT2D eigenvalue weighted by Gasteiger charge is -2.34. The molecule has 1 fully saturated rings. The maximum Gasteiger partial charge on any atom is 0.250 e. The molecule has 7 heteroatoms. The normalized spacial score (nSPS) is 21.2. The van der Waals surface area contributed by atoms with Gasteiger partial charge in [-0.1, -0.05) is 18.2 Å². The topological polar surface area (TPSA) is 54.5 Å². The minimum absolute atomic E-state index is 0.208. The Kier molecular flexibility index (Phi) is 6.13. The van der Waals surface area contributed by atoms with E-state index >= 15 is 0 Å². The average Bonchev–Trinajstić information content (AvgIpc) is 3.00. The molecular formula is C19H22FN3O2S. The number of halogens is 1. The Morgan fingerprint density at radius 3 is 2.85 bits per heavy atom. The molecule has 0 radical (unpaired) electrons. The fraction of sp³-hybridized carbons (Fsp3) is 0.368. The number of benzene rings is 1. The van der Waals surface area contributed by atoms with E-state index in [0.717, 1.165) is 25.3 Å². The predicted octanol–water partition coefficient (Wildman–Crippen LogP) is 3.54. The number of carbonyl (C=O) groups is 1. The summed E-state index contributed by atoms with van der Waals surface area (Å²) in [6, 6.07) is 6.31.